The van der Waals surface area contributed by atoms with E-state index in [1.807, 2.05) is 41.9 Å². The quantitative estimate of drug-likeness (QED) is 0.648. The van der Waals surface area contributed by atoms with Gasteiger partial charge in [-0.1, -0.05) is 36.4 Å². The molecule has 1 aliphatic rings. The number of benzene rings is 2. The number of hydrogen-bond acceptors (Lipinski definition) is 5. The standard InChI is InChI=1S/C23H26N4O3/c1-26-16-24-25-23(26)18-9-11-27(12-10-18)14-20-13-19(17-5-3-2-4-6-17)7-8-21(20)30-15-22(28)29/h2-8,13,16,18H,9-12,14-15H2,1H3,(H,28,29). The van der Waals surface area contributed by atoms with Crippen LogP contribution in [0.4, 0.5) is 0 Å². The van der Waals surface area contributed by atoms with E-state index in [0.29, 0.717) is 11.7 Å². The van der Waals surface area contributed by atoms with E-state index < -0.39 is 5.97 Å². The molecule has 1 fully saturated rings. The van der Waals surface area contributed by atoms with E-state index in [9.17, 15) is 4.79 Å². The Morgan fingerprint density at radius 3 is 2.57 bits per heavy atom. The number of ether oxygens (including phenoxy) is 1. The minimum atomic E-state index is -0.974. The minimum absolute atomic E-state index is 0.341. The van der Waals surface area contributed by atoms with Crippen molar-refractivity contribution in [2.24, 2.45) is 7.05 Å². The van der Waals surface area contributed by atoms with Crippen LogP contribution in [-0.2, 0) is 18.4 Å². The summed E-state index contributed by atoms with van der Waals surface area (Å²) < 4.78 is 7.58. The fraction of sp³-hybridized carbons (Fsp3) is 0.348. The van der Waals surface area contributed by atoms with E-state index in [1.54, 1.807) is 6.33 Å². The average molecular weight is 406 g/mol. The van der Waals surface area contributed by atoms with Crippen LogP contribution in [0.5, 0.6) is 5.75 Å². The molecule has 0 unspecified atom stereocenters. The molecule has 0 radical (unpaired) electrons. The number of likely N-dealkylation sites (tertiary alicyclic amines) is 1. The van der Waals surface area contributed by atoms with Crippen LogP contribution >= 0.6 is 0 Å². The lowest BCUT2D eigenvalue weighted by molar-refractivity contribution is -0.139. The molecule has 2 aromatic carbocycles. The van der Waals surface area contributed by atoms with Crippen molar-refractivity contribution in [3.05, 3.63) is 66.2 Å². The summed E-state index contributed by atoms with van der Waals surface area (Å²) in [7, 11) is 1.99. The zero-order valence-corrected chi connectivity index (χ0v) is 17.1. The predicted molar refractivity (Wildman–Crippen MR) is 113 cm³/mol. The molecule has 1 saturated heterocycles. The van der Waals surface area contributed by atoms with Crippen LogP contribution in [-0.4, -0.2) is 50.4 Å². The smallest absolute Gasteiger partial charge is 0.341 e. The number of rotatable bonds is 7. The SMILES string of the molecule is Cn1cnnc1C1CCN(Cc2cc(-c3ccccc3)ccc2OCC(=O)O)CC1. The number of carboxylic acid groups (broad SMARTS) is 1. The average Bonchev–Trinajstić information content (AvgIpc) is 3.20. The molecule has 1 N–H and O–H groups in total. The Morgan fingerprint density at radius 1 is 1.13 bits per heavy atom. The number of nitrogens with zero attached hydrogens (tertiary/aromatic N) is 4. The largest absolute Gasteiger partial charge is 0.482 e. The van der Waals surface area contributed by atoms with Crippen molar-refractivity contribution in [1.29, 1.82) is 0 Å². The first-order valence-corrected chi connectivity index (χ1v) is 10.2. The highest BCUT2D eigenvalue weighted by atomic mass is 16.5. The highest BCUT2D eigenvalue weighted by molar-refractivity contribution is 5.69. The zero-order valence-electron chi connectivity index (χ0n) is 17.1. The first-order valence-electron chi connectivity index (χ1n) is 10.2. The van der Waals surface area contributed by atoms with Gasteiger partial charge in [-0.15, -0.1) is 10.2 Å². The molecule has 0 aliphatic carbocycles. The summed E-state index contributed by atoms with van der Waals surface area (Å²) in [5.41, 5.74) is 3.24. The Bertz CT molecular complexity index is 995. The number of hydrogen-bond donors (Lipinski definition) is 1. The first-order chi connectivity index (χ1) is 14.6. The minimum Gasteiger partial charge on any atom is -0.482 e. The monoisotopic (exact) mass is 406 g/mol. The van der Waals surface area contributed by atoms with Crippen LogP contribution in [0.3, 0.4) is 0 Å². The van der Waals surface area contributed by atoms with Crippen LogP contribution in [0.1, 0.15) is 30.1 Å². The van der Waals surface area contributed by atoms with Crippen molar-refractivity contribution in [2.45, 2.75) is 25.3 Å². The highest BCUT2D eigenvalue weighted by Crippen LogP contribution is 2.31. The van der Waals surface area contributed by atoms with Gasteiger partial charge >= 0.3 is 5.97 Å². The molecular formula is C23H26N4O3. The lowest BCUT2D eigenvalue weighted by Crippen LogP contribution is -2.33. The summed E-state index contributed by atoms with van der Waals surface area (Å²) in [6, 6.07) is 16.1. The van der Waals surface area contributed by atoms with Crippen LogP contribution in [0.2, 0.25) is 0 Å². The molecule has 0 bridgehead atoms. The van der Waals surface area contributed by atoms with Gasteiger partial charge in [0.2, 0.25) is 0 Å². The van der Waals surface area contributed by atoms with Crippen molar-refractivity contribution >= 4 is 5.97 Å². The van der Waals surface area contributed by atoms with Crippen molar-refractivity contribution in [3.63, 3.8) is 0 Å². The first kappa shape index (κ1) is 20.1. The Labute approximate surface area is 175 Å². The second kappa shape index (κ2) is 9.09. The van der Waals surface area contributed by atoms with Gasteiger partial charge in [0.25, 0.3) is 0 Å². The molecule has 7 nitrogen and oxygen atoms in total. The maximum absolute atomic E-state index is 11.0. The molecule has 0 saturated carbocycles. The second-order valence-corrected chi connectivity index (χ2v) is 7.72. The Kier molecular flexibility index (Phi) is 6.09. The fourth-order valence-electron chi connectivity index (χ4n) is 4.05. The predicted octanol–water partition coefficient (Wildman–Crippen LogP) is 3.33. The molecule has 0 spiro atoms. The molecule has 1 aromatic heterocycles. The van der Waals surface area contributed by atoms with Crippen LogP contribution in [0.25, 0.3) is 11.1 Å². The van der Waals surface area contributed by atoms with Gasteiger partial charge in [0.15, 0.2) is 6.61 Å². The second-order valence-electron chi connectivity index (χ2n) is 7.72. The summed E-state index contributed by atoms with van der Waals surface area (Å²) in [5, 5.41) is 17.3. The summed E-state index contributed by atoms with van der Waals surface area (Å²) in [6.07, 6.45) is 3.80. The molecular weight excluding hydrogens is 380 g/mol. The molecule has 156 valence electrons. The van der Waals surface area contributed by atoms with Gasteiger partial charge in [-0.2, -0.15) is 0 Å². The zero-order chi connectivity index (χ0) is 20.9. The Hall–Kier alpha value is -3.19. The number of aromatic nitrogens is 3. The Balaban J connectivity index is 1.50. The maximum Gasteiger partial charge on any atom is 0.341 e. The van der Waals surface area contributed by atoms with E-state index in [-0.39, 0.29) is 6.61 Å². The number of carbonyl (C=O) groups is 1. The topological polar surface area (TPSA) is 80.5 Å². The Morgan fingerprint density at radius 2 is 1.90 bits per heavy atom. The van der Waals surface area contributed by atoms with E-state index in [4.69, 9.17) is 9.84 Å². The third kappa shape index (κ3) is 4.68. The number of carboxylic acids is 1. The summed E-state index contributed by atoms with van der Waals surface area (Å²) in [4.78, 5) is 13.4. The third-order valence-corrected chi connectivity index (χ3v) is 5.61. The highest BCUT2D eigenvalue weighted by Gasteiger charge is 2.24. The lowest BCUT2D eigenvalue weighted by Gasteiger charge is -2.31. The summed E-state index contributed by atoms with van der Waals surface area (Å²) >= 11 is 0. The number of aliphatic carboxylic acids is 1. The van der Waals surface area contributed by atoms with Crippen molar-refractivity contribution in [1.82, 2.24) is 19.7 Å². The maximum atomic E-state index is 11.0. The van der Waals surface area contributed by atoms with Gasteiger partial charge < -0.3 is 14.4 Å². The van der Waals surface area contributed by atoms with Gasteiger partial charge in [-0.25, -0.2) is 4.79 Å². The van der Waals surface area contributed by atoms with E-state index >= 15 is 0 Å². The molecule has 2 heterocycles. The lowest BCUT2D eigenvalue weighted by atomic mass is 9.95. The van der Waals surface area contributed by atoms with Gasteiger partial charge in [0.05, 0.1) is 0 Å². The van der Waals surface area contributed by atoms with E-state index in [2.05, 4.69) is 33.3 Å². The molecule has 1 aliphatic heterocycles. The summed E-state index contributed by atoms with van der Waals surface area (Å²) in [5.74, 6) is 1.13. The van der Waals surface area contributed by atoms with E-state index in [1.165, 1.54) is 0 Å². The summed E-state index contributed by atoms with van der Waals surface area (Å²) in [6.45, 7) is 2.28. The van der Waals surface area contributed by atoms with Crippen molar-refractivity contribution in [2.75, 3.05) is 19.7 Å². The molecule has 30 heavy (non-hydrogen) atoms. The van der Waals surface area contributed by atoms with Gasteiger partial charge in [0.1, 0.15) is 17.9 Å². The van der Waals surface area contributed by atoms with Gasteiger partial charge in [0, 0.05) is 25.1 Å². The van der Waals surface area contributed by atoms with Crippen LogP contribution < -0.4 is 4.74 Å². The van der Waals surface area contributed by atoms with Gasteiger partial charge in [-0.3, -0.25) is 4.90 Å². The van der Waals surface area contributed by atoms with Gasteiger partial charge in [-0.05, 0) is 49.2 Å². The van der Waals surface area contributed by atoms with Crippen LogP contribution in [0.15, 0.2) is 54.9 Å². The number of piperidine rings is 1. The van der Waals surface area contributed by atoms with E-state index in [0.717, 1.165) is 55.0 Å². The molecule has 7 heteroatoms. The molecule has 0 amide bonds. The van der Waals surface area contributed by atoms with Crippen molar-refractivity contribution in [3.8, 4) is 16.9 Å². The number of aryl methyl sites for hydroxylation is 1. The fourth-order valence-corrected chi connectivity index (χ4v) is 4.05. The van der Waals surface area contributed by atoms with Crippen LogP contribution in [0, 0.1) is 0 Å². The molecule has 4 rings (SSSR count). The van der Waals surface area contributed by atoms with Crippen molar-refractivity contribution < 1.29 is 14.6 Å². The normalized spacial score (nSPS) is 15.2. The molecule has 3 aromatic rings. The molecule has 0 atom stereocenters. The third-order valence-electron chi connectivity index (χ3n) is 5.61.